The van der Waals surface area contributed by atoms with Crippen molar-refractivity contribution in [3.8, 4) is 11.1 Å². The third-order valence-corrected chi connectivity index (χ3v) is 7.00. The number of hydrogen-bond acceptors (Lipinski definition) is 3. The van der Waals surface area contributed by atoms with Crippen molar-refractivity contribution in [1.82, 2.24) is 9.88 Å². The van der Waals surface area contributed by atoms with E-state index in [9.17, 15) is 13.2 Å². The van der Waals surface area contributed by atoms with E-state index in [-0.39, 0.29) is 5.41 Å². The number of hydrogen-bond donors (Lipinski definition) is 0. The van der Waals surface area contributed by atoms with Crippen LogP contribution in [0.1, 0.15) is 47.7 Å². The molecule has 164 valence electrons. The van der Waals surface area contributed by atoms with Crippen molar-refractivity contribution in [3.05, 3.63) is 75.2 Å². The van der Waals surface area contributed by atoms with Crippen molar-refractivity contribution in [2.45, 2.75) is 51.7 Å². The molecule has 1 aliphatic heterocycles. The number of alkyl halides is 3. The fourth-order valence-electron chi connectivity index (χ4n) is 4.29. The van der Waals surface area contributed by atoms with Crippen molar-refractivity contribution in [3.63, 3.8) is 0 Å². The summed E-state index contributed by atoms with van der Waals surface area (Å²) in [5.74, 6) is 0. The zero-order chi connectivity index (χ0) is 22.2. The van der Waals surface area contributed by atoms with Crippen molar-refractivity contribution in [1.29, 1.82) is 0 Å². The fourth-order valence-corrected chi connectivity index (χ4v) is 4.94. The van der Waals surface area contributed by atoms with Gasteiger partial charge in [-0.1, -0.05) is 38.1 Å². The minimum atomic E-state index is -4.31. The normalized spacial score (nSPS) is 16.7. The van der Waals surface area contributed by atoms with Gasteiger partial charge in [0.05, 0.1) is 16.3 Å². The number of aryl methyl sites for hydroxylation is 1. The first-order valence-electron chi connectivity index (χ1n) is 10.6. The molecule has 1 aromatic heterocycles. The quantitative estimate of drug-likeness (QED) is 0.437. The zero-order valence-corrected chi connectivity index (χ0v) is 18.9. The molecule has 2 heterocycles. The fraction of sp³-hybridized carbons (Fsp3) is 0.400. The molecule has 0 amide bonds. The Morgan fingerprint density at radius 3 is 2.42 bits per heavy atom. The molecule has 3 aromatic rings. The number of fused-ring (bicyclic) bond motifs is 1. The second kappa shape index (κ2) is 8.40. The molecule has 0 aliphatic carbocycles. The number of aromatic nitrogens is 1. The van der Waals surface area contributed by atoms with Crippen LogP contribution in [0.4, 0.5) is 13.2 Å². The van der Waals surface area contributed by atoms with Gasteiger partial charge in [0.25, 0.3) is 0 Å². The molecule has 31 heavy (non-hydrogen) atoms. The van der Waals surface area contributed by atoms with E-state index in [4.69, 9.17) is 0 Å². The summed E-state index contributed by atoms with van der Waals surface area (Å²) in [7, 11) is 0. The van der Waals surface area contributed by atoms with E-state index >= 15 is 0 Å². The molecule has 0 unspecified atom stereocenters. The maximum Gasteiger partial charge on any atom is 0.416 e. The van der Waals surface area contributed by atoms with Gasteiger partial charge in [-0.05, 0) is 65.8 Å². The highest BCUT2D eigenvalue weighted by Crippen LogP contribution is 2.37. The third-order valence-electron chi connectivity index (χ3n) is 6.18. The molecular weight excluding hydrogens is 417 g/mol. The van der Waals surface area contributed by atoms with Gasteiger partial charge in [-0.2, -0.15) is 13.2 Å². The summed E-state index contributed by atoms with van der Waals surface area (Å²) < 4.78 is 38.7. The lowest BCUT2D eigenvalue weighted by atomic mass is 9.79. The van der Waals surface area contributed by atoms with Crippen LogP contribution in [0.25, 0.3) is 11.1 Å². The largest absolute Gasteiger partial charge is 0.416 e. The van der Waals surface area contributed by atoms with Crippen LogP contribution < -0.4 is 0 Å². The van der Waals surface area contributed by atoms with Crippen molar-refractivity contribution >= 4 is 11.3 Å². The molecule has 6 heteroatoms. The predicted octanol–water partition coefficient (Wildman–Crippen LogP) is 6.86. The number of rotatable bonds is 4. The van der Waals surface area contributed by atoms with E-state index in [1.165, 1.54) is 11.1 Å². The average Bonchev–Trinajstić information content (AvgIpc) is 3.09. The number of nitrogens with zero attached hydrogens (tertiary/aromatic N) is 2. The molecule has 4 rings (SSSR count). The number of benzene rings is 2. The van der Waals surface area contributed by atoms with E-state index in [0.717, 1.165) is 66.4 Å². The Balaban J connectivity index is 1.58. The van der Waals surface area contributed by atoms with Gasteiger partial charge in [0.1, 0.15) is 0 Å². The lowest BCUT2D eigenvalue weighted by Crippen LogP contribution is -2.27. The van der Waals surface area contributed by atoms with E-state index in [1.54, 1.807) is 23.5 Å². The van der Waals surface area contributed by atoms with Gasteiger partial charge >= 0.3 is 6.18 Å². The van der Waals surface area contributed by atoms with Crippen LogP contribution in [-0.4, -0.2) is 23.0 Å². The Morgan fingerprint density at radius 2 is 1.77 bits per heavy atom. The van der Waals surface area contributed by atoms with Crippen molar-refractivity contribution in [2.24, 2.45) is 0 Å². The van der Waals surface area contributed by atoms with Crippen LogP contribution in [-0.2, 0) is 24.6 Å². The minimum absolute atomic E-state index is 0.0555. The first-order valence-corrected chi connectivity index (χ1v) is 11.4. The molecule has 0 radical (unpaired) electrons. The zero-order valence-electron chi connectivity index (χ0n) is 18.1. The smallest absolute Gasteiger partial charge is 0.299 e. The summed E-state index contributed by atoms with van der Waals surface area (Å²) in [5, 5.41) is 3.23. The van der Waals surface area contributed by atoms with Crippen LogP contribution in [0, 0.1) is 6.92 Å². The summed E-state index contributed by atoms with van der Waals surface area (Å²) in [6.07, 6.45) is -2.32. The van der Waals surface area contributed by atoms with Gasteiger partial charge < -0.3 is 0 Å². The van der Waals surface area contributed by atoms with Gasteiger partial charge in [-0.3, -0.25) is 4.90 Å². The molecular formula is C25H27F3N2S. The maximum atomic E-state index is 12.9. The molecule has 0 fully saturated rings. The molecule has 0 bridgehead atoms. The summed E-state index contributed by atoms with van der Waals surface area (Å²) in [4.78, 5) is 7.05. The Labute approximate surface area is 185 Å². The summed E-state index contributed by atoms with van der Waals surface area (Å²) >= 11 is 1.69. The van der Waals surface area contributed by atoms with Crippen LogP contribution in [0.5, 0.6) is 0 Å². The molecule has 0 spiro atoms. The van der Waals surface area contributed by atoms with Crippen LogP contribution in [0.15, 0.2) is 47.8 Å². The highest BCUT2D eigenvalue weighted by Gasteiger charge is 2.31. The van der Waals surface area contributed by atoms with Crippen LogP contribution in [0.2, 0.25) is 0 Å². The van der Waals surface area contributed by atoms with Crippen molar-refractivity contribution < 1.29 is 13.2 Å². The molecule has 2 aromatic carbocycles. The number of thiazole rings is 1. The topological polar surface area (TPSA) is 16.1 Å². The van der Waals surface area contributed by atoms with E-state index in [1.807, 2.05) is 13.0 Å². The molecule has 0 N–H and O–H groups in total. The summed E-state index contributed by atoms with van der Waals surface area (Å²) in [6.45, 7) is 9.38. The first-order chi connectivity index (χ1) is 14.6. The Morgan fingerprint density at radius 1 is 1.06 bits per heavy atom. The Hall–Kier alpha value is -2.18. The predicted molar refractivity (Wildman–Crippen MR) is 120 cm³/mol. The molecule has 0 atom stereocenters. The summed E-state index contributed by atoms with van der Waals surface area (Å²) in [5.41, 5.74) is 4.94. The van der Waals surface area contributed by atoms with Gasteiger partial charge in [0, 0.05) is 24.9 Å². The highest BCUT2D eigenvalue weighted by atomic mass is 32.1. The first kappa shape index (κ1) is 22.0. The molecule has 2 nitrogen and oxygen atoms in total. The Kier molecular flexibility index (Phi) is 5.97. The van der Waals surface area contributed by atoms with Gasteiger partial charge in [-0.15, -0.1) is 11.3 Å². The third kappa shape index (κ3) is 5.01. The van der Waals surface area contributed by atoms with E-state index < -0.39 is 11.7 Å². The molecule has 0 saturated heterocycles. The number of halogens is 3. The monoisotopic (exact) mass is 444 g/mol. The second-order valence-corrected chi connectivity index (χ2v) is 10.0. The van der Waals surface area contributed by atoms with Crippen molar-refractivity contribution in [2.75, 3.05) is 13.1 Å². The Bertz CT molecular complexity index is 1050. The summed E-state index contributed by atoms with van der Waals surface area (Å²) in [6, 6.07) is 11.8. The highest BCUT2D eigenvalue weighted by molar-refractivity contribution is 7.09. The van der Waals surface area contributed by atoms with Gasteiger partial charge in [0.2, 0.25) is 0 Å². The minimum Gasteiger partial charge on any atom is -0.299 e. The maximum absolute atomic E-state index is 12.9. The lowest BCUT2D eigenvalue weighted by Gasteiger charge is -2.25. The average molecular weight is 445 g/mol. The van der Waals surface area contributed by atoms with Crippen LogP contribution >= 0.6 is 11.3 Å². The lowest BCUT2D eigenvalue weighted by molar-refractivity contribution is -0.137. The van der Waals surface area contributed by atoms with Crippen LogP contribution in [0.3, 0.4) is 0 Å². The standard InChI is InChI=1S/C25H27F3N2S/c1-17-29-22(16-31-17)10-12-30-13-11-24(2,3)23-9-6-19(14-20(23)15-30)18-4-7-21(8-5-18)25(26,27)28/h4-9,14,16H,10-13,15H2,1-3H3. The second-order valence-electron chi connectivity index (χ2n) is 8.96. The van der Waals surface area contributed by atoms with E-state index in [0.29, 0.717) is 0 Å². The molecule has 1 aliphatic rings. The van der Waals surface area contributed by atoms with E-state index in [2.05, 4.69) is 41.2 Å². The SMILES string of the molecule is Cc1nc(CCN2CCC(C)(C)c3ccc(-c4ccc(C(F)(F)F)cc4)cc3C2)cs1. The molecule has 0 saturated carbocycles. The van der Waals surface area contributed by atoms with Gasteiger partial charge in [-0.25, -0.2) is 4.98 Å². The van der Waals surface area contributed by atoms with Gasteiger partial charge in [0.15, 0.2) is 0 Å².